The van der Waals surface area contributed by atoms with E-state index in [1.54, 1.807) is 0 Å². The Hall–Kier alpha value is -2.20. The molecule has 0 saturated heterocycles. The molecule has 0 saturated carbocycles. The second-order valence-corrected chi connectivity index (χ2v) is 8.07. The first-order valence-electron chi connectivity index (χ1n) is 10.6. The molecule has 0 heterocycles. The molecule has 0 unspecified atom stereocenters. The molecule has 174 valence electrons. The molecule has 0 aromatic rings. The van der Waals surface area contributed by atoms with Crippen LogP contribution in [0, 0.1) is 11.8 Å². The average Bonchev–Trinajstić information content (AvgIpc) is 2.68. The Labute approximate surface area is 178 Å². The summed E-state index contributed by atoms with van der Waals surface area (Å²) in [7, 11) is 0. The zero-order valence-corrected chi connectivity index (χ0v) is 18.6. The lowest BCUT2D eigenvalue weighted by molar-refractivity contribution is -0.138. The van der Waals surface area contributed by atoms with E-state index in [9.17, 15) is 19.2 Å². The Morgan fingerprint density at radius 3 is 2.10 bits per heavy atom. The van der Waals surface area contributed by atoms with Crippen LogP contribution in [0.25, 0.3) is 0 Å². The Morgan fingerprint density at radius 2 is 1.60 bits per heavy atom. The maximum atomic E-state index is 12.9. The van der Waals surface area contributed by atoms with Crippen LogP contribution >= 0.6 is 0 Å². The Kier molecular flexibility index (Phi) is 13.7. The molecule has 4 atom stereocenters. The monoisotopic (exact) mass is 429 g/mol. The van der Waals surface area contributed by atoms with Crippen molar-refractivity contribution in [2.45, 2.75) is 77.9 Å². The first-order chi connectivity index (χ1) is 14.0. The SMILES string of the molecule is CC[C@H](C)[C@H](NC(=O)[C@@H](N)CCCCN)C(=O)N[C@@H](CC(C)C)C(=O)NCC(=O)O. The number of rotatable bonds is 15. The van der Waals surface area contributed by atoms with Crippen molar-refractivity contribution in [2.75, 3.05) is 13.1 Å². The number of unbranched alkanes of at least 4 members (excludes halogenated alkanes) is 1. The van der Waals surface area contributed by atoms with E-state index in [2.05, 4.69) is 16.0 Å². The number of carboxylic acid groups (broad SMARTS) is 1. The summed E-state index contributed by atoms with van der Waals surface area (Å²) in [5.41, 5.74) is 11.4. The Morgan fingerprint density at radius 1 is 0.967 bits per heavy atom. The normalized spacial score (nSPS) is 15.0. The van der Waals surface area contributed by atoms with Crippen LogP contribution in [0.3, 0.4) is 0 Å². The van der Waals surface area contributed by atoms with E-state index in [0.717, 1.165) is 6.42 Å². The molecule has 0 spiro atoms. The molecule has 10 heteroatoms. The fourth-order valence-corrected chi connectivity index (χ4v) is 2.85. The van der Waals surface area contributed by atoms with Gasteiger partial charge in [0.15, 0.2) is 0 Å². The summed E-state index contributed by atoms with van der Waals surface area (Å²) in [5, 5.41) is 16.4. The largest absolute Gasteiger partial charge is 0.480 e. The molecule has 0 aliphatic carbocycles. The lowest BCUT2D eigenvalue weighted by Gasteiger charge is -2.28. The van der Waals surface area contributed by atoms with Gasteiger partial charge in [0.2, 0.25) is 17.7 Å². The molecule has 0 bridgehead atoms. The molecule has 3 amide bonds. The van der Waals surface area contributed by atoms with Gasteiger partial charge in [-0.2, -0.15) is 0 Å². The van der Waals surface area contributed by atoms with Gasteiger partial charge in [0.1, 0.15) is 18.6 Å². The van der Waals surface area contributed by atoms with Crippen molar-refractivity contribution in [1.29, 1.82) is 0 Å². The quantitative estimate of drug-likeness (QED) is 0.194. The third-order valence-electron chi connectivity index (χ3n) is 4.85. The molecule has 0 aromatic heterocycles. The van der Waals surface area contributed by atoms with Gasteiger partial charge >= 0.3 is 5.97 Å². The van der Waals surface area contributed by atoms with Crippen molar-refractivity contribution in [3.63, 3.8) is 0 Å². The van der Waals surface area contributed by atoms with Crippen molar-refractivity contribution < 1.29 is 24.3 Å². The topological polar surface area (TPSA) is 177 Å². The van der Waals surface area contributed by atoms with Gasteiger partial charge < -0.3 is 32.5 Å². The lowest BCUT2D eigenvalue weighted by Crippen LogP contribution is -2.58. The molecule has 0 rings (SSSR count). The molecule has 0 radical (unpaired) electrons. The smallest absolute Gasteiger partial charge is 0.322 e. The number of aliphatic carboxylic acids is 1. The van der Waals surface area contributed by atoms with Crippen molar-refractivity contribution >= 4 is 23.7 Å². The van der Waals surface area contributed by atoms with Gasteiger partial charge in [0, 0.05) is 0 Å². The van der Waals surface area contributed by atoms with Gasteiger partial charge in [0.05, 0.1) is 6.04 Å². The van der Waals surface area contributed by atoms with Crippen molar-refractivity contribution in [3.8, 4) is 0 Å². The fraction of sp³-hybridized carbons (Fsp3) is 0.800. The van der Waals surface area contributed by atoms with Crippen molar-refractivity contribution in [1.82, 2.24) is 16.0 Å². The number of hydrogen-bond donors (Lipinski definition) is 6. The third-order valence-corrected chi connectivity index (χ3v) is 4.85. The predicted molar refractivity (Wildman–Crippen MR) is 114 cm³/mol. The summed E-state index contributed by atoms with van der Waals surface area (Å²) in [6, 6.07) is -2.51. The lowest BCUT2D eigenvalue weighted by atomic mass is 9.96. The molecule has 0 aliphatic heterocycles. The first kappa shape index (κ1) is 27.8. The number of carbonyl (C=O) groups excluding carboxylic acids is 3. The van der Waals surface area contributed by atoms with Gasteiger partial charge in [-0.15, -0.1) is 0 Å². The van der Waals surface area contributed by atoms with Crippen LogP contribution in [0.15, 0.2) is 0 Å². The van der Waals surface area contributed by atoms with E-state index in [0.29, 0.717) is 32.2 Å². The summed E-state index contributed by atoms with van der Waals surface area (Å²) in [6.45, 7) is 7.48. The summed E-state index contributed by atoms with van der Waals surface area (Å²) in [6.07, 6.45) is 2.90. The van der Waals surface area contributed by atoms with Crippen LogP contribution < -0.4 is 27.4 Å². The van der Waals surface area contributed by atoms with Gasteiger partial charge in [-0.05, 0) is 37.6 Å². The minimum atomic E-state index is -1.17. The van der Waals surface area contributed by atoms with Gasteiger partial charge in [-0.25, -0.2) is 0 Å². The average molecular weight is 430 g/mol. The summed E-state index contributed by atoms with van der Waals surface area (Å²) in [5.74, 6) is -2.78. The Bertz CT molecular complexity index is 570. The summed E-state index contributed by atoms with van der Waals surface area (Å²) < 4.78 is 0. The standard InChI is InChI=1S/C20H39N5O5/c1-5-13(4)17(25-18(28)14(22)8-6-7-9-21)20(30)24-15(10-12(2)3)19(29)23-11-16(26)27/h12-15,17H,5-11,21-22H2,1-4H3,(H,23,29)(H,24,30)(H,25,28)(H,26,27)/t13-,14-,15-,17-/m0/s1. The molecule has 8 N–H and O–H groups in total. The van der Waals surface area contributed by atoms with Crippen LogP contribution in [0.4, 0.5) is 0 Å². The number of hydrogen-bond acceptors (Lipinski definition) is 6. The van der Waals surface area contributed by atoms with Crippen LogP contribution in [0.2, 0.25) is 0 Å². The van der Waals surface area contributed by atoms with Crippen LogP contribution in [-0.4, -0.2) is 60.0 Å². The molecule has 0 aromatic carbocycles. The maximum Gasteiger partial charge on any atom is 0.322 e. The second kappa shape index (κ2) is 14.7. The third kappa shape index (κ3) is 11.1. The van der Waals surface area contributed by atoms with E-state index in [1.165, 1.54) is 0 Å². The molecule has 0 fully saturated rings. The fourth-order valence-electron chi connectivity index (χ4n) is 2.85. The second-order valence-electron chi connectivity index (χ2n) is 8.07. The van der Waals surface area contributed by atoms with Gasteiger partial charge in [0.25, 0.3) is 0 Å². The molecule has 0 aliphatic rings. The number of nitrogens with two attached hydrogens (primary N) is 2. The van der Waals surface area contributed by atoms with Gasteiger partial charge in [-0.1, -0.05) is 40.5 Å². The molecule has 30 heavy (non-hydrogen) atoms. The number of amides is 3. The zero-order chi connectivity index (χ0) is 23.3. The minimum Gasteiger partial charge on any atom is -0.480 e. The van der Waals surface area contributed by atoms with Crippen molar-refractivity contribution in [2.24, 2.45) is 23.3 Å². The van der Waals surface area contributed by atoms with Crippen molar-refractivity contribution in [3.05, 3.63) is 0 Å². The number of carbonyl (C=O) groups is 4. The highest BCUT2D eigenvalue weighted by Crippen LogP contribution is 2.11. The first-order valence-corrected chi connectivity index (χ1v) is 10.6. The van der Waals surface area contributed by atoms with E-state index in [1.807, 2.05) is 27.7 Å². The molecule has 10 nitrogen and oxygen atoms in total. The van der Waals surface area contributed by atoms with E-state index >= 15 is 0 Å². The van der Waals surface area contributed by atoms with Crippen LogP contribution in [0.5, 0.6) is 0 Å². The highest BCUT2D eigenvalue weighted by Gasteiger charge is 2.31. The highest BCUT2D eigenvalue weighted by molar-refractivity contribution is 5.93. The van der Waals surface area contributed by atoms with E-state index in [4.69, 9.17) is 16.6 Å². The predicted octanol–water partition coefficient (Wildman–Crippen LogP) is -0.295. The number of carboxylic acids is 1. The Balaban J connectivity index is 5.21. The maximum absolute atomic E-state index is 12.9. The highest BCUT2D eigenvalue weighted by atomic mass is 16.4. The van der Waals surface area contributed by atoms with E-state index in [-0.39, 0.29) is 11.8 Å². The summed E-state index contributed by atoms with van der Waals surface area (Å²) >= 11 is 0. The minimum absolute atomic E-state index is 0.0819. The number of nitrogens with one attached hydrogen (secondary N) is 3. The molecular formula is C20H39N5O5. The van der Waals surface area contributed by atoms with Crippen LogP contribution in [-0.2, 0) is 19.2 Å². The zero-order valence-electron chi connectivity index (χ0n) is 18.6. The summed E-state index contributed by atoms with van der Waals surface area (Å²) in [4.78, 5) is 48.4. The van der Waals surface area contributed by atoms with Crippen LogP contribution in [0.1, 0.15) is 59.8 Å². The molecular weight excluding hydrogens is 390 g/mol. The van der Waals surface area contributed by atoms with Gasteiger partial charge in [-0.3, -0.25) is 19.2 Å². The van der Waals surface area contributed by atoms with E-state index < -0.39 is 48.4 Å².